The number of rotatable bonds is 2. The van der Waals surface area contributed by atoms with Crippen molar-refractivity contribution >= 4 is 18.9 Å². The third-order valence-electron chi connectivity index (χ3n) is 1.07. The fraction of sp³-hybridized carbons (Fsp3) is 0. The lowest BCUT2D eigenvalue weighted by atomic mass is 10.2. The Morgan fingerprint density at radius 2 is 1.91 bits per heavy atom. The predicted octanol–water partition coefficient (Wildman–Crippen LogP) is 0.688. The molecule has 58 valence electrons. The van der Waals surface area contributed by atoms with Crippen LogP contribution in [-0.4, -0.2) is 17.4 Å². The highest BCUT2D eigenvalue weighted by atomic mass is 35.5. The smallest absolute Gasteiger partial charge is 0.511 e. The van der Waals surface area contributed by atoms with E-state index in [9.17, 15) is 0 Å². The number of halogens is 1. The zero-order valence-corrected chi connectivity index (χ0v) is 6.32. The van der Waals surface area contributed by atoms with E-state index >= 15 is 0 Å². The van der Waals surface area contributed by atoms with Crippen LogP contribution in [0.1, 0.15) is 0 Å². The monoisotopic (exact) mass is 172 g/mol. The van der Waals surface area contributed by atoms with Crippen LogP contribution in [0.5, 0.6) is 5.75 Å². The summed E-state index contributed by atoms with van der Waals surface area (Å²) in [7, 11) is -1.82. The molecule has 0 aliphatic carbocycles. The Kier molecular flexibility index (Phi) is 2.76. The maximum Gasteiger partial charge on any atom is 0.707 e. The lowest BCUT2D eigenvalue weighted by Gasteiger charge is -2.04. The maximum absolute atomic E-state index is 8.40. The molecule has 5 heteroatoms. The molecular formula is C6H6BClO3. The molecule has 0 unspecified atom stereocenters. The molecule has 0 spiro atoms. The second-order valence-electron chi connectivity index (χ2n) is 1.87. The Hall–Kier alpha value is -0.705. The molecule has 0 aliphatic rings. The van der Waals surface area contributed by atoms with Crippen LogP contribution in [-0.2, 0) is 0 Å². The van der Waals surface area contributed by atoms with E-state index in [0.717, 1.165) is 0 Å². The van der Waals surface area contributed by atoms with Gasteiger partial charge in [-0.05, 0) is 12.1 Å². The van der Waals surface area contributed by atoms with Crippen molar-refractivity contribution in [2.45, 2.75) is 0 Å². The second kappa shape index (κ2) is 3.62. The first-order valence-electron chi connectivity index (χ1n) is 2.97. The Morgan fingerprint density at radius 1 is 1.27 bits per heavy atom. The summed E-state index contributed by atoms with van der Waals surface area (Å²) in [6, 6.07) is 6.55. The quantitative estimate of drug-likeness (QED) is 0.645. The lowest BCUT2D eigenvalue weighted by Crippen LogP contribution is -2.20. The van der Waals surface area contributed by atoms with Crippen molar-refractivity contribution in [3.05, 3.63) is 29.3 Å². The highest BCUT2D eigenvalue weighted by Crippen LogP contribution is 2.22. The number of para-hydroxylation sites is 1. The van der Waals surface area contributed by atoms with Crippen LogP contribution in [0.3, 0.4) is 0 Å². The molecule has 3 nitrogen and oxygen atoms in total. The summed E-state index contributed by atoms with van der Waals surface area (Å²) in [6.45, 7) is 0. The van der Waals surface area contributed by atoms with Gasteiger partial charge in [-0.3, -0.25) is 0 Å². The fourth-order valence-electron chi connectivity index (χ4n) is 0.654. The van der Waals surface area contributed by atoms with Crippen molar-refractivity contribution in [2.24, 2.45) is 0 Å². The van der Waals surface area contributed by atoms with Crippen LogP contribution in [0.25, 0.3) is 0 Å². The van der Waals surface area contributed by atoms with Gasteiger partial charge in [0.25, 0.3) is 0 Å². The minimum atomic E-state index is -1.82. The molecule has 0 saturated heterocycles. The lowest BCUT2D eigenvalue weighted by molar-refractivity contribution is 0.288. The third kappa shape index (κ3) is 2.42. The fourth-order valence-corrected chi connectivity index (χ4v) is 0.834. The Labute approximate surface area is 69.4 Å². The maximum atomic E-state index is 8.40. The molecule has 0 amide bonds. The molecule has 0 heterocycles. The normalized spacial score (nSPS) is 9.36. The van der Waals surface area contributed by atoms with Gasteiger partial charge in [0.05, 0.1) is 5.02 Å². The van der Waals surface area contributed by atoms with Gasteiger partial charge in [0.15, 0.2) is 0 Å². The van der Waals surface area contributed by atoms with E-state index < -0.39 is 7.32 Å². The van der Waals surface area contributed by atoms with Crippen LogP contribution < -0.4 is 4.65 Å². The first-order chi connectivity index (χ1) is 5.20. The van der Waals surface area contributed by atoms with Gasteiger partial charge < -0.3 is 14.7 Å². The van der Waals surface area contributed by atoms with E-state index in [-0.39, 0.29) is 5.75 Å². The molecule has 11 heavy (non-hydrogen) atoms. The van der Waals surface area contributed by atoms with Gasteiger partial charge in [-0.25, -0.2) is 0 Å². The summed E-state index contributed by atoms with van der Waals surface area (Å²) in [5, 5.41) is 17.2. The van der Waals surface area contributed by atoms with Gasteiger partial charge in [-0.2, -0.15) is 0 Å². The van der Waals surface area contributed by atoms with Gasteiger partial charge in [0.2, 0.25) is 0 Å². The van der Waals surface area contributed by atoms with Crippen LogP contribution in [0.15, 0.2) is 24.3 Å². The van der Waals surface area contributed by atoms with Crippen molar-refractivity contribution in [2.75, 3.05) is 0 Å². The highest BCUT2D eigenvalue weighted by Gasteiger charge is 2.12. The largest absolute Gasteiger partial charge is 0.707 e. The minimum Gasteiger partial charge on any atom is -0.511 e. The average Bonchev–Trinajstić information content (AvgIpc) is 1.93. The molecule has 0 saturated carbocycles. The van der Waals surface area contributed by atoms with Crippen molar-refractivity contribution in [3.8, 4) is 5.75 Å². The zero-order chi connectivity index (χ0) is 8.27. The Morgan fingerprint density at radius 3 is 2.45 bits per heavy atom. The van der Waals surface area contributed by atoms with E-state index in [2.05, 4.69) is 4.65 Å². The Bertz CT molecular complexity index is 241. The average molecular weight is 172 g/mol. The predicted molar refractivity (Wildman–Crippen MR) is 42.3 cm³/mol. The van der Waals surface area contributed by atoms with Gasteiger partial charge >= 0.3 is 7.32 Å². The van der Waals surface area contributed by atoms with Gasteiger partial charge in [-0.1, -0.05) is 23.7 Å². The zero-order valence-electron chi connectivity index (χ0n) is 5.57. The second-order valence-corrected chi connectivity index (χ2v) is 2.28. The van der Waals surface area contributed by atoms with Crippen LogP contribution in [0, 0.1) is 0 Å². The van der Waals surface area contributed by atoms with Crippen LogP contribution in [0.2, 0.25) is 5.02 Å². The van der Waals surface area contributed by atoms with Gasteiger partial charge in [0, 0.05) is 0 Å². The van der Waals surface area contributed by atoms with Gasteiger partial charge in [-0.15, -0.1) is 0 Å². The molecule has 0 fully saturated rings. The van der Waals surface area contributed by atoms with Crippen molar-refractivity contribution < 1.29 is 14.7 Å². The molecular weight excluding hydrogens is 166 g/mol. The highest BCUT2D eigenvalue weighted by molar-refractivity contribution is 6.36. The summed E-state index contributed by atoms with van der Waals surface area (Å²) in [5.41, 5.74) is 0. The standard InChI is InChI=1S/C6H6BClO3/c8-5-3-1-2-4-6(5)11-7(9)10/h1-4,9-10H. The summed E-state index contributed by atoms with van der Waals surface area (Å²) < 4.78 is 4.52. The Balaban J connectivity index is 2.78. The molecule has 0 radical (unpaired) electrons. The van der Waals surface area contributed by atoms with E-state index in [1.54, 1.807) is 24.3 Å². The first-order valence-corrected chi connectivity index (χ1v) is 3.35. The van der Waals surface area contributed by atoms with E-state index in [1.807, 2.05) is 0 Å². The SMILES string of the molecule is OB(O)Oc1ccccc1Cl. The van der Waals surface area contributed by atoms with Crippen molar-refractivity contribution in [1.29, 1.82) is 0 Å². The van der Waals surface area contributed by atoms with E-state index in [0.29, 0.717) is 5.02 Å². The molecule has 2 N–H and O–H groups in total. The van der Waals surface area contributed by atoms with Crippen LogP contribution >= 0.6 is 11.6 Å². The number of hydrogen-bond donors (Lipinski definition) is 2. The molecule has 1 aromatic rings. The third-order valence-corrected chi connectivity index (χ3v) is 1.38. The summed E-state index contributed by atoms with van der Waals surface area (Å²) in [5.74, 6) is 0.254. The molecule has 1 rings (SSSR count). The molecule has 1 aromatic carbocycles. The summed E-state index contributed by atoms with van der Waals surface area (Å²) in [4.78, 5) is 0. The van der Waals surface area contributed by atoms with E-state index in [1.165, 1.54) is 0 Å². The van der Waals surface area contributed by atoms with E-state index in [4.69, 9.17) is 21.6 Å². The summed E-state index contributed by atoms with van der Waals surface area (Å²) >= 11 is 5.62. The molecule has 0 aromatic heterocycles. The van der Waals surface area contributed by atoms with Crippen molar-refractivity contribution in [3.63, 3.8) is 0 Å². The molecule has 0 bridgehead atoms. The van der Waals surface area contributed by atoms with Crippen molar-refractivity contribution in [1.82, 2.24) is 0 Å². The minimum absolute atomic E-state index is 0.254. The first kappa shape index (κ1) is 8.39. The topological polar surface area (TPSA) is 49.7 Å². The molecule has 0 atom stereocenters. The molecule has 0 aliphatic heterocycles. The summed E-state index contributed by atoms with van der Waals surface area (Å²) in [6.07, 6.45) is 0. The van der Waals surface area contributed by atoms with Crippen LogP contribution in [0.4, 0.5) is 0 Å². The number of benzene rings is 1. The van der Waals surface area contributed by atoms with Gasteiger partial charge in [0.1, 0.15) is 5.75 Å². The number of hydrogen-bond acceptors (Lipinski definition) is 3.